The minimum Gasteiger partial charge on any atom is -0.345 e. The third-order valence-electron chi connectivity index (χ3n) is 6.58. The molecule has 1 N–H and O–H groups in total. The number of para-hydroxylation sites is 1. The molecule has 168 valence electrons. The van der Waals surface area contributed by atoms with Gasteiger partial charge < -0.3 is 9.88 Å². The monoisotopic (exact) mass is 481 g/mol. The lowest BCUT2D eigenvalue weighted by molar-refractivity contribution is 0.647. The minimum absolute atomic E-state index is 0.717. The Bertz CT molecular complexity index is 1480. The molecule has 0 unspecified atom stereocenters. The van der Waals surface area contributed by atoms with Gasteiger partial charge in [0.15, 0.2) is 0 Å². The number of nitrogens with one attached hydrogen (secondary N) is 1. The molecule has 0 saturated carbocycles. The highest BCUT2D eigenvalue weighted by molar-refractivity contribution is 7.81. The predicted molar refractivity (Wildman–Crippen MR) is 146 cm³/mol. The number of imidazole rings is 1. The van der Waals surface area contributed by atoms with Crippen molar-refractivity contribution in [1.29, 1.82) is 0 Å². The van der Waals surface area contributed by atoms with E-state index in [9.17, 15) is 0 Å². The first-order valence-corrected chi connectivity index (χ1v) is 12.4. The van der Waals surface area contributed by atoms with Crippen LogP contribution in [0.1, 0.15) is 24.1 Å². The molecule has 5 heteroatoms. The van der Waals surface area contributed by atoms with E-state index in [2.05, 4.69) is 62.9 Å². The zero-order chi connectivity index (χ0) is 23.1. The van der Waals surface area contributed by atoms with Crippen molar-refractivity contribution in [3.05, 3.63) is 107 Å². The maximum Gasteiger partial charge on any atom is 0.128 e. The molecule has 0 amide bonds. The van der Waals surface area contributed by atoms with Crippen molar-refractivity contribution < 1.29 is 0 Å². The van der Waals surface area contributed by atoms with E-state index < -0.39 is 0 Å². The molecule has 6 rings (SSSR count). The summed E-state index contributed by atoms with van der Waals surface area (Å²) in [6, 6.07) is 28.9. The van der Waals surface area contributed by atoms with E-state index in [1.165, 1.54) is 28.0 Å². The Hall–Kier alpha value is -3.34. The summed E-state index contributed by atoms with van der Waals surface area (Å²) in [5, 5.41) is 4.23. The summed E-state index contributed by atoms with van der Waals surface area (Å²) >= 11 is 12.3. The molecule has 0 radical (unpaired) electrons. The Balaban J connectivity index is 1.62. The Labute approximate surface area is 209 Å². The average Bonchev–Trinajstić information content (AvgIpc) is 3.29. The van der Waals surface area contributed by atoms with Crippen LogP contribution in [-0.4, -0.2) is 14.0 Å². The van der Waals surface area contributed by atoms with Gasteiger partial charge in [-0.2, -0.15) is 0 Å². The first-order valence-electron chi connectivity index (χ1n) is 11.6. The number of hydrogen-bond donors (Lipinski definition) is 1. The van der Waals surface area contributed by atoms with Gasteiger partial charge in [-0.3, -0.25) is 4.40 Å². The number of benzene rings is 3. The molecule has 5 aromatic rings. The van der Waals surface area contributed by atoms with Gasteiger partial charge in [-0.15, -0.1) is 0 Å². The van der Waals surface area contributed by atoms with Gasteiger partial charge in [0.05, 0.1) is 11.4 Å². The molecule has 0 spiro atoms. The molecule has 34 heavy (non-hydrogen) atoms. The lowest BCUT2D eigenvalue weighted by Gasteiger charge is -2.12. The molecular formula is C29H24ClN3S. The molecule has 3 aromatic carbocycles. The summed E-state index contributed by atoms with van der Waals surface area (Å²) in [5.74, 6) is 0. The minimum atomic E-state index is 0.717. The van der Waals surface area contributed by atoms with E-state index in [0.717, 1.165) is 52.8 Å². The Morgan fingerprint density at radius 3 is 2.26 bits per heavy atom. The van der Waals surface area contributed by atoms with Crippen molar-refractivity contribution in [1.82, 2.24) is 8.97 Å². The smallest absolute Gasteiger partial charge is 0.128 e. The lowest BCUT2D eigenvalue weighted by Crippen LogP contribution is -2.14. The largest absolute Gasteiger partial charge is 0.345 e. The van der Waals surface area contributed by atoms with Crippen molar-refractivity contribution in [2.24, 2.45) is 0 Å². The average molecular weight is 482 g/mol. The summed E-state index contributed by atoms with van der Waals surface area (Å²) in [5.41, 5.74) is 9.41. The van der Waals surface area contributed by atoms with Crippen LogP contribution in [0.5, 0.6) is 0 Å². The molecular weight excluding hydrogens is 458 g/mol. The van der Waals surface area contributed by atoms with Gasteiger partial charge in [0.1, 0.15) is 10.6 Å². The van der Waals surface area contributed by atoms with Crippen LogP contribution in [0.2, 0.25) is 5.02 Å². The van der Waals surface area contributed by atoms with Gasteiger partial charge >= 0.3 is 0 Å². The fourth-order valence-electron chi connectivity index (χ4n) is 5.09. The van der Waals surface area contributed by atoms with Gasteiger partial charge in [0.25, 0.3) is 0 Å². The third-order valence-corrected chi connectivity index (χ3v) is 7.13. The van der Waals surface area contributed by atoms with Crippen molar-refractivity contribution in [2.45, 2.75) is 25.8 Å². The van der Waals surface area contributed by atoms with Gasteiger partial charge in [-0.05, 0) is 54.7 Å². The van der Waals surface area contributed by atoms with Gasteiger partial charge in [0, 0.05) is 34.6 Å². The maximum absolute atomic E-state index is 6.24. The summed E-state index contributed by atoms with van der Waals surface area (Å²) in [6.07, 6.45) is 5.58. The maximum atomic E-state index is 6.24. The van der Waals surface area contributed by atoms with Crippen molar-refractivity contribution in [2.75, 3.05) is 5.32 Å². The number of nitrogens with zero attached hydrogens (tertiary/aromatic N) is 2. The molecule has 3 nitrogen and oxygen atoms in total. The van der Waals surface area contributed by atoms with E-state index >= 15 is 0 Å². The van der Waals surface area contributed by atoms with Crippen LogP contribution >= 0.6 is 23.8 Å². The normalized spacial score (nSPS) is 13.1. The second kappa shape index (κ2) is 8.79. The number of anilines is 1. The van der Waals surface area contributed by atoms with Crippen LogP contribution in [0.15, 0.2) is 91.1 Å². The number of aromatic nitrogens is 2. The summed E-state index contributed by atoms with van der Waals surface area (Å²) in [4.78, 5) is 0.717. The lowest BCUT2D eigenvalue weighted by atomic mass is 9.98. The van der Waals surface area contributed by atoms with Gasteiger partial charge in [0.2, 0.25) is 0 Å². The Morgan fingerprint density at radius 1 is 0.824 bits per heavy atom. The molecule has 0 atom stereocenters. The second-order valence-electron chi connectivity index (χ2n) is 8.71. The molecule has 0 bridgehead atoms. The number of rotatable bonds is 4. The summed E-state index contributed by atoms with van der Waals surface area (Å²) in [6.45, 7) is 0.996. The molecule has 0 aliphatic carbocycles. The number of thiocarbonyl (C=S) groups is 1. The number of halogens is 1. The van der Waals surface area contributed by atoms with Crippen LogP contribution in [0.25, 0.3) is 28.0 Å². The standard InChI is InChI=1S/C29H24ClN3S/c30-22-16-14-21(15-17-22)26-24-13-7-8-18-32-25(20-9-3-1-4-10-20)19-33(29(24)32)27(26)28(34)31-23-11-5-2-6-12-23/h1-6,9-12,14-17,19H,7-8,13,18H2,(H,31,34). The fourth-order valence-corrected chi connectivity index (χ4v) is 5.53. The highest BCUT2D eigenvalue weighted by Gasteiger charge is 2.28. The van der Waals surface area contributed by atoms with Gasteiger partial charge in [-0.25, -0.2) is 0 Å². The van der Waals surface area contributed by atoms with E-state index in [1.807, 2.05) is 42.5 Å². The van der Waals surface area contributed by atoms with Crippen molar-refractivity contribution in [3.63, 3.8) is 0 Å². The van der Waals surface area contributed by atoms with E-state index in [4.69, 9.17) is 23.8 Å². The van der Waals surface area contributed by atoms with E-state index in [1.54, 1.807) is 0 Å². The molecule has 0 saturated heterocycles. The second-order valence-corrected chi connectivity index (χ2v) is 9.56. The van der Waals surface area contributed by atoms with Crippen LogP contribution in [-0.2, 0) is 13.0 Å². The van der Waals surface area contributed by atoms with E-state index in [-0.39, 0.29) is 0 Å². The quantitative estimate of drug-likeness (QED) is 0.264. The van der Waals surface area contributed by atoms with E-state index in [0.29, 0.717) is 0 Å². The zero-order valence-corrected chi connectivity index (χ0v) is 20.2. The first-order chi connectivity index (χ1) is 16.7. The van der Waals surface area contributed by atoms with Crippen LogP contribution < -0.4 is 5.32 Å². The highest BCUT2D eigenvalue weighted by atomic mass is 35.5. The van der Waals surface area contributed by atoms with Crippen LogP contribution in [0.3, 0.4) is 0 Å². The fraction of sp³-hybridized carbons (Fsp3) is 0.138. The predicted octanol–water partition coefficient (Wildman–Crippen LogP) is 7.85. The van der Waals surface area contributed by atoms with Crippen molar-refractivity contribution in [3.8, 4) is 22.4 Å². The number of hydrogen-bond acceptors (Lipinski definition) is 1. The van der Waals surface area contributed by atoms with Crippen molar-refractivity contribution >= 4 is 40.1 Å². The zero-order valence-electron chi connectivity index (χ0n) is 18.7. The summed E-state index contributed by atoms with van der Waals surface area (Å²) in [7, 11) is 0. The molecule has 1 aliphatic heterocycles. The topological polar surface area (TPSA) is 21.4 Å². The van der Waals surface area contributed by atoms with Crippen LogP contribution in [0.4, 0.5) is 5.69 Å². The molecule has 3 heterocycles. The Kier molecular flexibility index (Phi) is 5.48. The molecule has 1 aliphatic rings. The SMILES string of the molecule is S=C(Nc1ccccc1)c1c(-c2ccc(Cl)cc2)c2c3n(c(-c4ccccc4)cn13)CCCC2. The summed E-state index contributed by atoms with van der Waals surface area (Å²) < 4.78 is 4.79. The highest BCUT2D eigenvalue weighted by Crippen LogP contribution is 2.40. The number of aryl methyl sites for hydroxylation is 2. The first kappa shape index (κ1) is 21.2. The molecule has 0 fully saturated rings. The molecule has 2 aromatic heterocycles. The third kappa shape index (κ3) is 3.64. The van der Waals surface area contributed by atoms with Gasteiger partial charge in [-0.1, -0.05) is 84.5 Å². The Morgan fingerprint density at radius 2 is 1.53 bits per heavy atom. The van der Waals surface area contributed by atoms with Crippen LogP contribution in [0, 0.1) is 0 Å².